The predicted molar refractivity (Wildman–Crippen MR) is 67.1 cm³/mol. The molecule has 0 aromatic heterocycles. The van der Waals surface area contributed by atoms with E-state index in [1.165, 1.54) is 0 Å². The quantitative estimate of drug-likeness (QED) is 0.443. The first kappa shape index (κ1) is 16.9. The van der Waals surface area contributed by atoms with Gasteiger partial charge in [-0.3, -0.25) is 9.59 Å². The van der Waals surface area contributed by atoms with Crippen LogP contribution in [0.15, 0.2) is 0 Å². The van der Waals surface area contributed by atoms with Crippen molar-refractivity contribution in [3.63, 3.8) is 0 Å². The van der Waals surface area contributed by atoms with Crippen molar-refractivity contribution in [3.05, 3.63) is 0 Å². The topological polar surface area (TPSA) is 61.8 Å². The van der Waals surface area contributed by atoms with E-state index in [1.54, 1.807) is 0 Å². The fourth-order valence-corrected chi connectivity index (χ4v) is 1.14. The predicted octanol–water partition coefficient (Wildman–Crippen LogP) is 1.94. The van der Waals surface area contributed by atoms with Crippen LogP contribution in [0.1, 0.15) is 40.0 Å². The highest BCUT2D eigenvalue weighted by atomic mass is 16.6. The van der Waals surface area contributed by atoms with Gasteiger partial charge in [0.15, 0.2) is 0 Å². The van der Waals surface area contributed by atoms with Gasteiger partial charge in [0.1, 0.15) is 6.61 Å². The normalized spacial score (nSPS) is 10.4. The van der Waals surface area contributed by atoms with E-state index < -0.39 is 0 Å². The van der Waals surface area contributed by atoms with Crippen LogP contribution in [-0.4, -0.2) is 38.4 Å². The third kappa shape index (κ3) is 11.4. The van der Waals surface area contributed by atoms with Gasteiger partial charge >= 0.3 is 11.9 Å². The molecule has 0 aliphatic rings. The zero-order chi connectivity index (χ0) is 13.8. The Morgan fingerprint density at radius 3 is 2.17 bits per heavy atom. The molecule has 0 aromatic rings. The van der Waals surface area contributed by atoms with E-state index in [9.17, 15) is 9.59 Å². The van der Waals surface area contributed by atoms with E-state index in [2.05, 4.69) is 0 Å². The molecule has 5 nitrogen and oxygen atoms in total. The lowest BCUT2D eigenvalue weighted by atomic mass is 10.2. The van der Waals surface area contributed by atoms with Crippen LogP contribution in [0.3, 0.4) is 0 Å². The monoisotopic (exact) mass is 260 g/mol. The summed E-state index contributed by atoms with van der Waals surface area (Å²) in [4.78, 5) is 22.5. The van der Waals surface area contributed by atoms with Crippen molar-refractivity contribution in [2.75, 3.05) is 26.4 Å². The minimum absolute atomic E-state index is 0.239. The average molecular weight is 260 g/mol. The third-order valence-corrected chi connectivity index (χ3v) is 2.03. The smallest absolute Gasteiger partial charge is 0.305 e. The standard InChI is InChI=1S/C13H24O5/c1-4-16-8-9-17-12(14)6-5-7-13(15)18-10-11(2)3/h11H,4-10H2,1-3H3. The number of carbonyl (C=O) groups excluding carboxylic acids is 2. The molecule has 106 valence electrons. The second-order valence-electron chi connectivity index (χ2n) is 4.35. The van der Waals surface area contributed by atoms with Crippen molar-refractivity contribution in [2.24, 2.45) is 5.92 Å². The summed E-state index contributed by atoms with van der Waals surface area (Å²) in [5.74, 6) is -0.227. The average Bonchev–Trinajstić information content (AvgIpc) is 2.32. The summed E-state index contributed by atoms with van der Waals surface area (Å²) in [7, 11) is 0. The maximum absolute atomic E-state index is 11.2. The maximum Gasteiger partial charge on any atom is 0.305 e. The number of rotatable bonds is 10. The molecule has 0 atom stereocenters. The molecule has 0 bridgehead atoms. The molecule has 0 radical (unpaired) electrons. The molecule has 0 rings (SSSR count). The van der Waals surface area contributed by atoms with Crippen molar-refractivity contribution < 1.29 is 23.8 Å². The number of ether oxygens (including phenoxy) is 3. The zero-order valence-electron chi connectivity index (χ0n) is 11.6. The summed E-state index contributed by atoms with van der Waals surface area (Å²) >= 11 is 0. The fourth-order valence-electron chi connectivity index (χ4n) is 1.14. The van der Waals surface area contributed by atoms with Gasteiger partial charge in [0.05, 0.1) is 13.2 Å². The van der Waals surface area contributed by atoms with Crippen LogP contribution >= 0.6 is 0 Å². The molecular formula is C13H24O5. The Morgan fingerprint density at radius 1 is 1.00 bits per heavy atom. The SMILES string of the molecule is CCOCCOC(=O)CCCC(=O)OCC(C)C. The Labute approximate surface area is 109 Å². The second kappa shape index (κ2) is 11.0. The first-order valence-electron chi connectivity index (χ1n) is 6.45. The summed E-state index contributed by atoms with van der Waals surface area (Å²) < 4.78 is 14.9. The van der Waals surface area contributed by atoms with Gasteiger partial charge in [-0.05, 0) is 19.3 Å². The van der Waals surface area contributed by atoms with Gasteiger partial charge in [-0.25, -0.2) is 0 Å². The molecule has 0 heterocycles. The van der Waals surface area contributed by atoms with Gasteiger partial charge in [-0.1, -0.05) is 13.8 Å². The molecule has 0 aromatic carbocycles. The summed E-state index contributed by atoms with van der Waals surface area (Å²) in [6.45, 7) is 7.55. The minimum Gasteiger partial charge on any atom is -0.465 e. The Kier molecular flexibility index (Phi) is 10.3. The van der Waals surface area contributed by atoms with Crippen LogP contribution < -0.4 is 0 Å². The van der Waals surface area contributed by atoms with E-state index in [1.807, 2.05) is 20.8 Å². The molecule has 0 saturated heterocycles. The van der Waals surface area contributed by atoms with Gasteiger partial charge in [0, 0.05) is 19.4 Å². The van der Waals surface area contributed by atoms with Crippen molar-refractivity contribution in [1.29, 1.82) is 0 Å². The van der Waals surface area contributed by atoms with Gasteiger partial charge in [-0.15, -0.1) is 0 Å². The van der Waals surface area contributed by atoms with E-state index in [0.717, 1.165) is 0 Å². The first-order chi connectivity index (χ1) is 8.56. The molecule has 5 heteroatoms. The van der Waals surface area contributed by atoms with Crippen LogP contribution in [0.2, 0.25) is 0 Å². The Balaban J connectivity index is 3.41. The fraction of sp³-hybridized carbons (Fsp3) is 0.846. The summed E-state index contributed by atoms with van der Waals surface area (Å²) in [5, 5.41) is 0. The zero-order valence-corrected chi connectivity index (χ0v) is 11.6. The highest BCUT2D eigenvalue weighted by Gasteiger charge is 2.07. The lowest BCUT2D eigenvalue weighted by Gasteiger charge is -2.07. The van der Waals surface area contributed by atoms with Crippen molar-refractivity contribution >= 4 is 11.9 Å². The molecule has 0 aliphatic heterocycles. The summed E-state index contributed by atoms with van der Waals surface area (Å²) in [6, 6.07) is 0. The van der Waals surface area contributed by atoms with E-state index in [-0.39, 0.29) is 31.4 Å². The van der Waals surface area contributed by atoms with Crippen LogP contribution in [0, 0.1) is 5.92 Å². The summed E-state index contributed by atoms with van der Waals surface area (Å²) in [6.07, 6.45) is 0.959. The lowest BCUT2D eigenvalue weighted by molar-refractivity contribution is -0.146. The Hall–Kier alpha value is -1.10. The maximum atomic E-state index is 11.2. The van der Waals surface area contributed by atoms with E-state index in [0.29, 0.717) is 32.2 Å². The van der Waals surface area contributed by atoms with Crippen molar-refractivity contribution in [1.82, 2.24) is 0 Å². The van der Waals surface area contributed by atoms with Gasteiger partial charge in [0.2, 0.25) is 0 Å². The number of hydrogen-bond acceptors (Lipinski definition) is 5. The molecule has 0 spiro atoms. The minimum atomic E-state index is -0.300. The largest absolute Gasteiger partial charge is 0.465 e. The van der Waals surface area contributed by atoms with Crippen LogP contribution in [0.4, 0.5) is 0 Å². The highest BCUT2D eigenvalue weighted by molar-refractivity contribution is 5.72. The Morgan fingerprint density at radius 2 is 1.61 bits per heavy atom. The second-order valence-corrected chi connectivity index (χ2v) is 4.35. The summed E-state index contributed by atoms with van der Waals surface area (Å²) in [5.41, 5.74) is 0. The van der Waals surface area contributed by atoms with Crippen LogP contribution in [0.25, 0.3) is 0 Å². The lowest BCUT2D eigenvalue weighted by Crippen LogP contribution is -2.12. The van der Waals surface area contributed by atoms with E-state index >= 15 is 0 Å². The Bertz CT molecular complexity index is 238. The van der Waals surface area contributed by atoms with Gasteiger partial charge in [0.25, 0.3) is 0 Å². The van der Waals surface area contributed by atoms with Gasteiger partial charge < -0.3 is 14.2 Å². The molecule has 18 heavy (non-hydrogen) atoms. The first-order valence-corrected chi connectivity index (χ1v) is 6.45. The van der Waals surface area contributed by atoms with Crippen molar-refractivity contribution in [2.45, 2.75) is 40.0 Å². The molecular weight excluding hydrogens is 236 g/mol. The highest BCUT2D eigenvalue weighted by Crippen LogP contribution is 2.01. The van der Waals surface area contributed by atoms with Crippen molar-refractivity contribution in [3.8, 4) is 0 Å². The number of esters is 2. The van der Waals surface area contributed by atoms with Crippen LogP contribution in [0.5, 0.6) is 0 Å². The molecule has 0 unspecified atom stereocenters. The van der Waals surface area contributed by atoms with Gasteiger partial charge in [-0.2, -0.15) is 0 Å². The molecule has 0 saturated carbocycles. The van der Waals surface area contributed by atoms with E-state index in [4.69, 9.17) is 14.2 Å². The molecule has 0 fully saturated rings. The third-order valence-electron chi connectivity index (χ3n) is 2.03. The number of carbonyl (C=O) groups is 2. The van der Waals surface area contributed by atoms with Crippen LogP contribution in [-0.2, 0) is 23.8 Å². The molecule has 0 aliphatic carbocycles. The molecule has 0 amide bonds. The molecule has 0 N–H and O–H groups in total. The number of hydrogen-bond donors (Lipinski definition) is 0.